The molecule has 312 valence electrons. The summed E-state index contributed by atoms with van der Waals surface area (Å²) in [5.74, 6) is 0.701. The second-order valence-electron chi connectivity index (χ2n) is 17.2. The zero-order valence-corrected chi connectivity index (χ0v) is 36.1. The summed E-state index contributed by atoms with van der Waals surface area (Å²) in [4.78, 5) is 11.1. The van der Waals surface area contributed by atoms with Gasteiger partial charge in [-0.25, -0.2) is 9.97 Å². The highest BCUT2D eigenvalue weighted by Crippen LogP contribution is 2.41. The van der Waals surface area contributed by atoms with Crippen LogP contribution in [0.15, 0.2) is 158 Å². The van der Waals surface area contributed by atoms with Crippen LogP contribution in [0, 0.1) is 34.6 Å². The van der Waals surface area contributed by atoms with E-state index in [0.717, 1.165) is 83.0 Å². The minimum atomic E-state index is -4.56. The predicted octanol–water partition coefficient (Wildman–Crippen LogP) is 14.7. The summed E-state index contributed by atoms with van der Waals surface area (Å²) in [5.41, 5.74) is 14.4. The van der Waals surface area contributed by atoms with Crippen molar-refractivity contribution < 1.29 is 13.2 Å². The molecule has 4 heterocycles. The largest absolute Gasteiger partial charge is 0.417 e. The van der Waals surface area contributed by atoms with E-state index in [0.29, 0.717) is 34.4 Å². The van der Waals surface area contributed by atoms with Crippen LogP contribution in [0.5, 0.6) is 0 Å². The number of allylic oxidation sites excluding steroid dienone is 4. The van der Waals surface area contributed by atoms with E-state index >= 15 is 0 Å². The second-order valence-corrected chi connectivity index (χ2v) is 17.2. The minimum Gasteiger partial charge on any atom is -0.308 e. The molecule has 0 fully saturated rings. The van der Waals surface area contributed by atoms with Crippen LogP contribution in [0.2, 0.25) is 0 Å². The van der Waals surface area contributed by atoms with Crippen LogP contribution < -0.4 is 5.48 Å². The molecule has 0 radical (unpaired) electrons. The van der Waals surface area contributed by atoms with Crippen molar-refractivity contribution in [2.45, 2.75) is 47.2 Å². The number of halogens is 3. The number of fused-ring (bicyclic) bond motifs is 4. The summed E-state index contributed by atoms with van der Waals surface area (Å²) < 4.78 is 48.9. The Balaban J connectivity index is 1.46. The number of benzene rings is 7. The van der Waals surface area contributed by atoms with Gasteiger partial charge in [0.1, 0.15) is 11.3 Å². The predicted molar refractivity (Wildman–Crippen MR) is 258 cm³/mol. The zero-order valence-electron chi connectivity index (χ0n) is 36.1. The third-order valence-corrected chi connectivity index (χ3v) is 12.8. The fourth-order valence-corrected chi connectivity index (χ4v) is 10.2. The third kappa shape index (κ3) is 6.37. The number of hydrogen-bond donors (Lipinski definition) is 0. The molecule has 0 unspecified atom stereocenters. The average molecular weight is 841 g/mol. The quantitative estimate of drug-likeness (QED) is 0.178. The second kappa shape index (κ2) is 14.8. The molecule has 4 nitrogen and oxygen atoms in total. The molecule has 1 aliphatic carbocycles. The van der Waals surface area contributed by atoms with Gasteiger partial charge in [-0.15, -0.1) is 0 Å². The van der Waals surface area contributed by atoms with Gasteiger partial charge in [0.05, 0.1) is 27.6 Å². The summed E-state index contributed by atoms with van der Waals surface area (Å²) >= 11 is 0. The van der Waals surface area contributed by atoms with Crippen molar-refractivity contribution >= 4 is 60.2 Å². The van der Waals surface area contributed by atoms with Gasteiger partial charge in [-0.3, -0.25) is 4.40 Å². The van der Waals surface area contributed by atoms with Crippen LogP contribution in [-0.4, -0.2) is 18.8 Å². The lowest BCUT2D eigenvalue weighted by Crippen LogP contribution is -2.24. The first-order chi connectivity index (χ1) is 30.9. The molecule has 7 aromatic carbocycles. The van der Waals surface area contributed by atoms with Crippen molar-refractivity contribution in [3.05, 3.63) is 197 Å². The maximum absolute atomic E-state index is 14.8. The molecule has 7 heteroatoms. The molecule has 4 aromatic heterocycles. The minimum absolute atomic E-state index is 0.101. The van der Waals surface area contributed by atoms with Gasteiger partial charge in [-0.1, -0.05) is 127 Å². The van der Waals surface area contributed by atoms with Gasteiger partial charge in [-0.05, 0) is 133 Å². The van der Waals surface area contributed by atoms with Gasteiger partial charge in [0.25, 0.3) is 0 Å². The fraction of sp³-hybridized carbons (Fsp3) is 0.123. The van der Waals surface area contributed by atoms with E-state index in [2.05, 4.69) is 128 Å². The van der Waals surface area contributed by atoms with Gasteiger partial charge in [0, 0.05) is 27.1 Å². The van der Waals surface area contributed by atoms with Crippen molar-refractivity contribution in [1.82, 2.24) is 18.8 Å². The van der Waals surface area contributed by atoms with Crippen molar-refractivity contribution in [3.8, 4) is 33.6 Å². The van der Waals surface area contributed by atoms with Gasteiger partial charge >= 0.3 is 6.18 Å². The van der Waals surface area contributed by atoms with E-state index in [4.69, 9.17) is 9.97 Å². The Hall–Kier alpha value is -7.51. The first-order valence-electron chi connectivity index (χ1n) is 21.6. The summed E-state index contributed by atoms with van der Waals surface area (Å²) in [6.45, 7) is 10.7. The Morgan fingerprint density at radius 1 is 0.531 bits per heavy atom. The van der Waals surface area contributed by atoms with Gasteiger partial charge < -0.3 is 4.40 Å². The molecule has 0 aliphatic heterocycles. The number of rotatable bonds is 3. The molecular formula is C57H43F3N4. The first kappa shape index (κ1) is 39.3. The number of hydrogen-bond acceptors (Lipinski definition) is 2. The maximum atomic E-state index is 14.8. The summed E-state index contributed by atoms with van der Waals surface area (Å²) in [7, 11) is 0. The highest BCUT2D eigenvalue weighted by atomic mass is 19.4. The number of aromatic nitrogens is 4. The number of aryl methyl sites for hydroxylation is 5. The van der Waals surface area contributed by atoms with E-state index in [1.54, 1.807) is 18.2 Å². The van der Waals surface area contributed by atoms with Crippen LogP contribution in [0.4, 0.5) is 13.2 Å². The highest BCUT2D eigenvalue weighted by Gasteiger charge is 2.33. The van der Waals surface area contributed by atoms with E-state index < -0.39 is 11.7 Å². The molecule has 0 saturated heterocycles. The topological polar surface area (TPSA) is 34.6 Å². The Bertz CT molecular complexity index is 3770. The third-order valence-electron chi connectivity index (χ3n) is 12.8. The van der Waals surface area contributed by atoms with E-state index in [9.17, 15) is 13.2 Å². The first-order valence-corrected chi connectivity index (χ1v) is 21.6. The van der Waals surface area contributed by atoms with Crippen LogP contribution in [-0.2, 0) is 6.18 Å². The fourth-order valence-electron chi connectivity index (χ4n) is 10.2. The van der Waals surface area contributed by atoms with Crippen LogP contribution in [0.1, 0.15) is 39.8 Å². The molecular weight excluding hydrogens is 798 g/mol. The monoisotopic (exact) mass is 840 g/mol. The van der Waals surface area contributed by atoms with E-state index in [-0.39, 0.29) is 5.56 Å². The maximum Gasteiger partial charge on any atom is 0.417 e. The smallest absolute Gasteiger partial charge is 0.308 e. The molecule has 12 rings (SSSR count). The normalized spacial score (nSPS) is 13.9. The molecule has 0 amide bonds. The van der Waals surface area contributed by atoms with Crippen molar-refractivity contribution in [2.24, 2.45) is 0 Å². The number of alkyl halides is 3. The SMILES string of the molecule is Cc1cc(C)c(-c2ccc3c4ccc5cc4n(c4cc(-c6ccccc6C(F)(F)F)ccc4c4nc(-c6ccccc6)n(c(=C6C=CC=CC6)n4)c4cc(C)cc(C)c54)c3c2)c(C)c1. The van der Waals surface area contributed by atoms with Crippen LogP contribution in [0.25, 0.3) is 93.9 Å². The molecule has 64 heavy (non-hydrogen) atoms. The summed E-state index contributed by atoms with van der Waals surface area (Å²) in [6, 6.07) is 43.7. The molecule has 4 bridgehead atoms. The standard InChI is InChI=1S/C57H43F3N4/c1-33-26-35(3)52(36(4)27-33)41-21-23-44-45-24-22-42-32-49(45)63(48(44)31-41)50-30-40(43-18-12-13-19-47(43)57(58,59)60)20-25-46(50)54-61-55(38-14-8-6-9-15-38)64(51-29-34(2)28-37(5)53(42)51)56(62-54)39-16-10-7-11-17-39/h6-16,18-32H,17H2,1-5H3. The lowest BCUT2D eigenvalue weighted by molar-refractivity contribution is -0.137. The molecule has 0 atom stereocenters. The summed E-state index contributed by atoms with van der Waals surface area (Å²) in [5, 5.41) is 4.79. The lowest BCUT2D eigenvalue weighted by Gasteiger charge is -2.16. The zero-order chi connectivity index (χ0) is 44.0. The Morgan fingerprint density at radius 2 is 1.17 bits per heavy atom. The van der Waals surface area contributed by atoms with Crippen molar-refractivity contribution in [1.29, 1.82) is 0 Å². The van der Waals surface area contributed by atoms with Crippen LogP contribution in [0.3, 0.4) is 0 Å². The Labute approximate surface area is 368 Å². The van der Waals surface area contributed by atoms with E-state index in [1.807, 2.05) is 42.5 Å². The Kier molecular flexibility index (Phi) is 9.10. The molecule has 1 aliphatic rings. The Morgan fingerprint density at radius 3 is 1.92 bits per heavy atom. The van der Waals surface area contributed by atoms with Gasteiger partial charge in [0.15, 0.2) is 5.65 Å². The highest BCUT2D eigenvalue weighted by molar-refractivity contribution is 6.14. The number of nitrogens with zero attached hydrogens (tertiary/aromatic N) is 4. The molecule has 0 spiro atoms. The van der Waals surface area contributed by atoms with Gasteiger partial charge in [0.2, 0.25) is 0 Å². The van der Waals surface area contributed by atoms with Crippen molar-refractivity contribution in [3.63, 3.8) is 0 Å². The van der Waals surface area contributed by atoms with Crippen LogP contribution >= 0.6 is 0 Å². The molecule has 0 N–H and O–H groups in total. The average Bonchev–Trinajstić information content (AvgIpc) is 3.60. The van der Waals surface area contributed by atoms with Gasteiger partial charge in [-0.2, -0.15) is 13.2 Å². The lowest BCUT2D eigenvalue weighted by atomic mass is 9.93. The molecule has 11 aromatic rings. The van der Waals surface area contributed by atoms with Crippen molar-refractivity contribution in [2.75, 3.05) is 0 Å². The van der Waals surface area contributed by atoms with E-state index in [1.165, 1.54) is 22.8 Å². The summed E-state index contributed by atoms with van der Waals surface area (Å²) in [6.07, 6.45) is 4.42. The molecule has 0 saturated carbocycles.